The smallest absolute Gasteiger partial charge is 0.221 e. The lowest BCUT2D eigenvalue weighted by atomic mass is 10.1. The van der Waals surface area contributed by atoms with Gasteiger partial charge in [0.05, 0.1) is 13.2 Å². The lowest BCUT2D eigenvalue weighted by Gasteiger charge is -2.23. The molecule has 1 aliphatic rings. The zero-order valence-electron chi connectivity index (χ0n) is 13.5. The van der Waals surface area contributed by atoms with Crippen LogP contribution in [0.4, 0.5) is 0 Å². The Balaban J connectivity index is 1.50. The van der Waals surface area contributed by atoms with Gasteiger partial charge >= 0.3 is 0 Å². The van der Waals surface area contributed by atoms with E-state index in [0.717, 1.165) is 23.6 Å². The molecule has 126 valence electrons. The van der Waals surface area contributed by atoms with Crippen molar-refractivity contribution in [3.8, 4) is 11.5 Å². The first-order chi connectivity index (χ1) is 11.8. The average Bonchev–Trinajstić information content (AvgIpc) is 2.62. The number of para-hydroxylation sites is 1. The summed E-state index contributed by atoms with van der Waals surface area (Å²) < 4.78 is 11.2. The van der Waals surface area contributed by atoms with Gasteiger partial charge in [-0.05, 0) is 29.8 Å². The summed E-state index contributed by atoms with van der Waals surface area (Å²) in [7, 11) is 0. The van der Waals surface area contributed by atoms with Gasteiger partial charge in [-0.25, -0.2) is 0 Å². The van der Waals surface area contributed by atoms with Gasteiger partial charge in [-0.3, -0.25) is 4.79 Å². The van der Waals surface area contributed by atoms with Crippen LogP contribution >= 0.6 is 0 Å². The molecule has 5 nitrogen and oxygen atoms in total. The van der Waals surface area contributed by atoms with Crippen molar-refractivity contribution in [3.63, 3.8) is 0 Å². The van der Waals surface area contributed by atoms with Gasteiger partial charge in [0.2, 0.25) is 5.91 Å². The van der Waals surface area contributed by atoms with Gasteiger partial charge in [0.15, 0.2) is 0 Å². The maximum atomic E-state index is 12.0. The first-order valence-electron chi connectivity index (χ1n) is 8.19. The molecule has 0 bridgehead atoms. The summed E-state index contributed by atoms with van der Waals surface area (Å²) in [5.74, 6) is 1.57. The molecule has 3 rings (SSSR count). The van der Waals surface area contributed by atoms with Crippen molar-refractivity contribution in [2.45, 2.75) is 19.0 Å². The fraction of sp³-hybridized carbons (Fsp3) is 0.316. The van der Waals surface area contributed by atoms with E-state index in [2.05, 4.69) is 10.6 Å². The highest BCUT2D eigenvalue weighted by molar-refractivity contribution is 5.76. The molecular weight excluding hydrogens is 304 g/mol. The molecule has 1 fully saturated rings. The van der Waals surface area contributed by atoms with Crippen LogP contribution in [0, 0.1) is 0 Å². The van der Waals surface area contributed by atoms with Gasteiger partial charge in [-0.2, -0.15) is 0 Å². The number of rotatable bonds is 6. The second kappa shape index (κ2) is 8.47. The highest BCUT2D eigenvalue weighted by Crippen LogP contribution is 2.21. The largest absolute Gasteiger partial charge is 0.457 e. The Bertz CT molecular complexity index is 655. The molecule has 1 saturated heterocycles. The monoisotopic (exact) mass is 326 g/mol. The summed E-state index contributed by atoms with van der Waals surface area (Å²) in [4.78, 5) is 12.0. The molecule has 0 spiro atoms. The fourth-order valence-corrected chi connectivity index (χ4v) is 2.59. The molecule has 0 aliphatic carbocycles. The number of hydrogen-bond donors (Lipinski definition) is 2. The van der Waals surface area contributed by atoms with E-state index < -0.39 is 0 Å². The molecule has 2 N–H and O–H groups in total. The molecule has 1 amide bonds. The van der Waals surface area contributed by atoms with Gasteiger partial charge < -0.3 is 20.1 Å². The molecule has 2 aromatic carbocycles. The molecule has 0 aromatic heterocycles. The zero-order valence-corrected chi connectivity index (χ0v) is 13.5. The number of morpholine rings is 1. The van der Waals surface area contributed by atoms with Crippen LogP contribution < -0.4 is 15.4 Å². The minimum absolute atomic E-state index is 0.0207. The Kier molecular flexibility index (Phi) is 5.82. The summed E-state index contributed by atoms with van der Waals surface area (Å²) in [6.45, 7) is 2.59. The molecule has 0 saturated carbocycles. The van der Waals surface area contributed by atoms with Crippen LogP contribution in [0.3, 0.4) is 0 Å². The van der Waals surface area contributed by atoms with Crippen molar-refractivity contribution >= 4 is 5.91 Å². The molecule has 1 unspecified atom stereocenters. The number of carbonyl (C=O) groups is 1. The summed E-state index contributed by atoms with van der Waals surface area (Å²) >= 11 is 0. The Labute approximate surface area is 142 Å². The summed E-state index contributed by atoms with van der Waals surface area (Å²) in [6, 6.07) is 17.5. The van der Waals surface area contributed by atoms with Crippen molar-refractivity contribution < 1.29 is 14.3 Å². The third kappa shape index (κ3) is 5.08. The van der Waals surface area contributed by atoms with E-state index in [1.807, 2.05) is 54.6 Å². The van der Waals surface area contributed by atoms with E-state index >= 15 is 0 Å². The number of benzene rings is 2. The molecule has 2 aromatic rings. The van der Waals surface area contributed by atoms with Crippen LogP contribution in [-0.2, 0) is 16.1 Å². The first-order valence-corrected chi connectivity index (χ1v) is 8.19. The quantitative estimate of drug-likeness (QED) is 0.856. The van der Waals surface area contributed by atoms with Crippen molar-refractivity contribution in [1.29, 1.82) is 0 Å². The van der Waals surface area contributed by atoms with Gasteiger partial charge in [-0.15, -0.1) is 0 Å². The highest BCUT2D eigenvalue weighted by atomic mass is 16.5. The van der Waals surface area contributed by atoms with Crippen molar-refractivity contribution in [2.75, 3.05) is 19.8 Å². The van der Waals surface area contributed by atoms with Crippen molar-refractivity contribution in [1.82, 2.24) is 10.6 Å². The van der Waals surface area contributed by atoms with E-state index in [0.29, 0.717) is 26.2 Å². The zero-order chi connectivity index (χ0) is 16.6. The van der Waals surface area contributed by atoms with Gasteiger partial charge in [0.1, 0.15) is 11.5 Å². The topological polar surface area (TPSA) is 59.6 Å². The summed E-state index contributed by atoms with van der Waals surface area (Å²) in [5, 5.41) is 6.23. The maximum Gasteiger partial charge on any atom is 0.221 e. The predicted molar refractivity (Wildman–Crippen MR) is 92.0 cm³/mol. The number of amides is 1. The van der Waals surface area contributed by atoms with E-state index in [1.165, 1.54) is 0 Å². The Morgan fingerprint density at radius 2 is 2.00 bits per heavy atom. The van der Waals surface area contributed by atoms with Crippen LogP contribution in [0.25, 0.3) is 0 Å². The van der Waals surface area contributed by atoms with E-state index in [1.54, 1.807) is 0 Å². The Morgan fingerprint density at radius 3 is 2.79 bits per heavy atom. The number of nitrogens with one attached hydrogen (secondary N) is 2. The molecule has 5 heteroatoms. The normalized spacial score (nSPS) is 17.2. The Morgan fingerprint density at radius 1 is 1.17 bits per heavy atom. The summed E-state index contributed by atoms with van der Waals surface area (Å²) in [6.07, 6.45) is 0.431. The standard InChI is InChI=1S/C19H22N2O3/c22-19(12-16-14-23-10-9-20-16)21-13-15-5-4-8-18(11-15)24-17-6-2-1-3-7-17/h1-8,11,16,20H,9-10,12-14H2,(H,21,22). The van der Waals surface area contributed by atoms with Crippen LogP contribution in [-0.4, -0.2) is 31.7 Å². The number of ether oxygens (including phenoxy) is 2. The van der Waals surface area contributed by atoms with E-state index in [-0.39, 0.29) is 11.9 Å². The van der Waals surface area contributed by atoms with Gasteiger partial charge in [-0.1, -0.05) is 30.3 Å². The third-order valence-electron chi connectivity index (χ3n) is 3.80. The average molecular weight is 326 g/mol. The molecule has 1 aliphatic heterocycles. The predicted octanol–water partition coefficient (Wildman–Crippen LogP) is 2.47. The van der Waals surface area contributed by atoms with Crippen LogP contribution in [0.1, 0.15) is 12.0 Å². The van der Waals surface area contributed by atoms with Crippen LogP contribution in [0.15, 0.2) is 54.6 Å². The van der Waals surface area contributed by atoms with E-state index in [9.17, 15) is 4.79 Å². The minimum atomic E-state index is 0.0207. The number of hydrogen-bond acceptors (Lipinski definition) is 4. The van der Waals surface area contributed by atoms with Gasteiger partial charge in [0, 0.05) is 25.6 Å². The molecule has 1 atom stereocenters. The summed E-state index contributed by atoms with van der Waals surface area (Å²) in [5.41, 5.74) is 1.00. The van der Waals surface area contributed by atoms with Gasteiger partial charge in [0.25, 0.3) is 0 Å². The third-order valence-corrected chi connectivity index (χ3v) is 3.80. The second-order valence-corrected chi connectivity index (χ2v) is 5.77. The second-order valence-electron chi connectivity index (χ2n) is 5.77. The van der Waals surface area contributed by atoms with Crippen LogP contribution in [0.5, 0.6) is 11.5 Å². The van der Waals surface area contributed by atoms with Crippen molar-refractivity contribution in [3.05, 3.63) is 60.2 Å². The number of carbonyl (C=O) groups excluding carboxylic acids is 1. The lowest BCUT2D eigenvalue weighted by Crippen LogP contribution is -2.44. The highest BCUT2D eigenvalue weighted by Gasteiger charge is 2.16. The minimum Gasteiger partial charge on any atom is -0.457 e. The Hall–Kier alpha value is -2.37. The molecule has 0 radical (unpaired) electrons. The van der Waals surface area contributed by atoms with E-state index in [4.69, 9.17) is 9.47 Å². The molecule has 24 heavy (non-hydrogen) atoms. The molecular formula is C19H22N2O3. The first kappa shape index (κ1) is 16.5. The van der Waals surface area contributed by atoms with Crippen LogP contribution in [0.2, 0.25) is 0 Å². The van der Waals surface area contributed by atoms with Crippen molar-refractivity contribution in [2.24, 2.45) is 0 Å². The SMILES string of the molecule is O=C(CC1COCCN1)NCc1cccc(Oc2ccccc2)c1. The maximum absolute atomic E-state index is 12.0. The lowest BCUT2D eigenvalue weighted by molar-refractivity contribution is -0.122. The fourth-order valence-electron chi connectivity index (χ4n) is 2.59. The molecule has 1 heterocycles.